The minimum Gasteiger partial charge on any atom is -0.457 e. The van der Waals surface area contributed by atoms with Gasteiger partial charge in [-0.3, -0.25) is 5.41 Å². The summed E-state index contributed by atoms with van der Waals surface area (Å²) in [7, 11) is -3.49. The molecule has 3 aromatic heterocycles. The summed E-state index contributed by atoms with van der Waals surface area (Å²) >= 11 is 6.80. The van der Waals surface area contributed by atoms with Crippen LogP contribution in [0.25, 0.3) is 28.9 Å². The molecule has 0 fully saturated rings. The molecule has 3 heterocycles. The number of aromatic nitrogens is 3. The molecule has 4 rings (SSSR count). The molecule has 1 aromatic carbocycles. The minimum absolute atomic E-state index is 0.0226. The Hall–Kier alpha value is -2.75. The lowest BCUT2D eigenvalue weighted by Gasteiger charge is -1.97. The lowest BCUT2D eigenvalue weighted by molar-refractivity contribution is 0.571. The summed E-state index contributed by atoms with van der Waals surface area (Å²) in [6.45, 7) is 3.87. The highest BCUT2D eigenvalue weighted by atomic mass is 35.5. The van der Waals surface area contributed by atoms with Gasteiger partial charge in [0.15, 0.2) is 5.49 Å². The van der Waals surface area contributed by atoms with Crippen molar-refractivity contribution in [2.24, 2.45) is 0 Å². The number of furan rings is 1. The largest absolute Gasteiger partial charge is 0.457 e. The van der Waals surface area contributed by atoms with Gasteiger partial charge in [0.05, 0.1) is 5.35 Å². The van der Waals surface area contributed by atoms with Gasteiger partial charge in [0.25, 0.3) is 0 Å². The number of benzene rings is 1. The number of hydrogen-bond acceptors (Lipinski definition) is 7. The molecule has 1 N–H and O–H groups in total. The van der Waals surface area contributed by atoms with Gasteiger partial charge in [0.1, 0.15) is 11.5 Å². The molecule has 0 aliphatic carbocycles. The van der Waals surface area contributed by atoms with Crippen molar-refractivity contribution in [2.75, 3.05) is 6.26 Å². The predicted octanol–water partition coefficient (Wildman–Crippen LogP) is 1.83. The van der Waals surface area contributed by atoms with Crippen molar-refractivity contribution in [2.45, 2.75) is 4.34 Å². The van der Waals surface area contributed by atoms with Crippen LogP contribution in [0.4, 0.5) is 0 Å². The van der Waals surface area contributed by atoms with E-state index < -0.39 is 9.84 Å². The van der Waals surface area contributed by atoms with Crippen LogP contribution in [-0.2, 0) is 9.84 Å². The number of hydrogen-bond donors (Lipinski definition) is 1. The lowest BCUT2D eigenvalue weighted by Crippen LogP contribution is -2.44. The fraction of sp³-hybridized carbons (Fsp3) is 0.0556. The van der Waals surface area contributed by atoms with E-state index in [1.54, 1.807) is 24.3 Å². The van der Waals surface area contributed by atoms with Crippen LogP contribution in [0.2, 0.25) is 5.02 Å². The van der Waals surface area contributed by atoms with E-state index in [1.807, 2.05) is 18.2 Å². The second-order valence-corrected chi connectivity index (χ2v) is 9.59. The lowest BCUT2D eigenvalue weighted by atomic mass is 10.2. The van der Waals surface area contributed by atoms with Crippen LogP contribution < -0.4 is 16.1 Å². The van der Waals surface area contributed by atoms with E-state index >= 15 is 0 Å². The van der Waals surface area contributed by atoms with Gasteiger partial charge in [-0.05, 0) is 42.5 Å². The highest BCUT2D eigenvalue weighted by Crippen LogP contribution is 2.24. The van der Waals surface area contributed by atoms with E-state index in [0.29, 0.717) is 27.1 Å². The van der Waals surface area contributed by atoms with Crippen molar-refractivity contribution >= 4 is 50.4 Å². The Bertz CT molecular complexity index is 1480. The van der Waals surface area contributed by atoms with Crippen molar-refractivity contribution in [3.05, 3.63) is 63.2 Å². The Morgan fingerprint density at radius 3 is 2.64 bits per heavy atom. The van der Waals surface area contributed by atoms with Crippen molar-refractivity contribution < 1.29 is 12.8 Å². The topological polar surface area (TPSA) is 101 Å². The third-order valence-corrected chi connectivity index (χ3v) is 6.74. The Labute approximate surface area is 168 Å². The Morgan fingerprint density at radius 2 is 1.96 bits per heavy atom. The van der Waals surface area contributed by atoms with Crippen LogP contribution in [0.15, 0.2) is 45.2 Å². The maximum Gasteiger partial charge on any atom is 0.232 e. The van der Waals surface area contributed by atoms with Gasteiger partial charge in [0, 0.05) is 22.1 Å². The van der Waals surface area contributed by atoms with Crippen LogP contribution in [0.5, 0.6) is 0 Å². The molecular weight excluding hydrogens is 420 g/mol. The fourth-order valence-electron chi connectivity index (χ4n) is 2.55. The Kier molecular flexibility index (Phi) is 4.45. The van der Waals surface area contributed by atoms with Gasteiger partial charge in [0.2, 0.25) is 19.1 Å². The second kappa shape index (κ2) is 6.69. The Morgan fingerprint density at radius 1 is 1.25 bits per heavy atom. The molecule has 28 heavy (non-hydrogen) atoms. The van der Waals surface area contributed by atoms with Crippen LogP contribution in [0.3, 0.4) is 0 Å². The van der Waals surface area contributed by atoms with Crippen molar-refractivity contribution in [3.63, 3.8) is 0 Å². The molecule has 7 nitrogen and oxygen atoms in total. The zero-order valence-corrected chi connectivity index (χ0v) is 16.9. The summed E-state index contributed by atoms with van der Waals surface area (Å²) in [5.41, 5.74) is 0.843. The summed E-state index contributed by atoms with van der Waals surface area (Å²) in [4.78, 5) is 4.56. The molecule has 0 aliphatic rings. The van der Waals surface area contributed by atoms with E-state index in [4.69, 9.17) is 21.4 Å². The van der Waals surface area contributed by atoms with Gasteiger partial charge in [-0.2, -0.15) is 4.52 Å². The molecule has 0 aliphatic heterocycles. The highest BCUT2D eigenvalue weighted by Gasteiger charge is 2.15. The average Bonchev–Trinajstić information content (AvgIpc) is 3.26. The van der Waals surface area contributed by atoms with E-state index in [1.165, 1.54) is 4.52 Å². The molecule has 0 radical (unpaired) electrons. The van der Waals surface area contributed by atoms with Crippen molar-refractivity contribution in [1.29, 1.82) is 5.41 Å². The van der Waals surface area contributed by atoms with Gasteiger partial charge in [-0.25, -0.2) is 13.4 Å². The molecule has 0 atom stereocenters. The maximum absolute atomic E-state index is 11.7. The first kappa shape index (κ1) is 18.6. The van der Waals surface area contributed by atoms with Crippen LogP contribution >= 0.6 is 22.9 Å². The summed E-state index contributed by atoms with van der Waals surface area (Å²) < 4.78 is 30.4. The Balaban J connectivity index is 1.85. The predicted molar refractivity (Wildman–Crippen MR) is 107 cm³/mol. The molecule has 0 unspecified atom stereocenters. The summed E-state index contributed by atoms with van der Waals surface area (Å²) in [6.07, 6.45) is 2.69. The number of nitrogens with zero attached hydrogens (tertiary/aromatic N) is 3. The highest BCUT2D eigenvalue weighted by molar-refractivity contribution is 7.92. The summed E-state index contributed by atoms with van der Waals surface area (Å²) in [6, 6.07) is 10.8. The zero-order chi connectivity index (χ0) is 20.1. The van der Waals surface area contributed by atoms with Gasteiger partial charge >= 0.3 is 0 Å². The quantitative estimate of drug-likeness (QED) is 0.532. The van der Waals surface area contributed by atoms with E-state index in [2.05, 4.69) is 16.7 Å². The number of nitrogens with one attached hydrogen (secondary N) is 1. The SMILES string of the molecule is C=c1nc2sc(S(C)(=O)=O)nn2c(=N)/c1=C\c1ccc(-c2ccc(Cl)cc2)o1. The molecule has 10 heteroatoms. The van der Waals surface area contributed by atoms with Crippen molar-refractivity contribution in [3.8, 4) is 11.3 Å². The van der Waals surface area contributed by atoms with Gasteiger partial charge in [-0.1, -0.05) is 29.5 Å². The molecule has 0 bridgehead atoms. The smallest absolute Gasteiger partial charge is 0.232 e. The number of fused-ring (bicyclic) bond motifs is 1. The average molecular weight is 433 g/mol. The molecule has 4 aromatic rings. The summed E-state index contributed by atoms with van der Waals surface area (Å²) in [5, 5.41) is 13.7. The van der Waals surface area contributed by atoms with Crippen molar-refractivity contribution in [1.82, 2.24) is 14.6 Å². The molecule has 0 saturated carbocycles. The molecule has 0 spiro atoms. The van der Waals surface area contributed by atoms with Crippen LogP contribution in [-0.4, -0.2) is 29.3 Å². The first-order valence-electron chi connectivity index (χ1n) is 7.93. The number of halogens is 1. The van der Waals surface area contributed by atoms with E-state index in [9.17, 15) is 8.42 Å². The van der Waals surface area contributed by atoms with E-state index in [0.717, 1.165) is 23.2 Å². The van der Waals surface area contributed by atoms with Gasteiger partial charge < -0.3 is 4.42 Å². The molecule has 142 valence electrons. The fourth-order valence-corrected chi connectivity index (χ4v) is 4.39. The van der Waals surface area contributed by atoms with Crippen LogP contribution in [0, 0.1) is 5.41 Å². The maximum atomic E-state index is 11.7. The third-order valence-electron chi connectivity index (χ3n) is 3.91. The second-order valence-electron chi connectivity index (χ2n) is 6.01. The number of rotatable bonds is 3. The minimum atomic E-state index is -3.49. The summed E-state index contributed by atoms with van der Waals surface area (Å²) in [5.74, 6) is 1.15. The van der Waals surface area contributed by atoms with E-state index in [-0.39, 0.29) is 14.8 Å². The van der Waals surface area contributed by atoms with Gasteiger partial charge in [-0.15, -0.1) is 5.10 Å². The molecular formula is C18H13ClN4O3S2. The molecule has 0 saturated heterocycles. The standard InChI is InChI=1S/C18H13ClN4O3S2/c1-10-14(16(20)23-17(21-10)27-18(22-23)28(2,24)25)9-13-7-8-15(26-13)11-3-5-12(19)6-4-11/h3-9,20H,1H2,2H3/b14-9-,20-16?. The molecule has 0 amide bonds. The first-order valence-corrected chi connectivity index (χ1v) is 11.0. The zero-order valence-electron chi connectivity index (χ0n) is 14.5. The number of sulfone groups is 1. The normalized spacial score (nSPS) is 12.7. The first-order chi connectivity index (χ1) is 13.2. The monoisotopic (exact) mass is 432 g/mol. The third kappa shape index (κ3) is 3.39. The van der Waals surface area contributed by atoms with Crippen LogP contribution in [0.1, 0.15) is 5.76 Å².